The van der Waals surface area contributed by atoms with E-state index in [9.17, 15) is 9.59 Å². The molecule has 2 amide bonds. The number of nitrogens with zero attached hydrogens (tertiary/aromatic N) is 3. The van der Waals surface area contributed by atoms with Crippen LogP contribution in [-0.4, -0.2) is 78.1 Å². The van der Waals surface area contributed by atoms with Crippen molar-refractivity contribution in [1.82, 2.24) is 14.7 Å². The van der Waals surface area contributed by atoms with Crippen LogP contribution in [0.3, 0.4) is 0 Å². The molecular formula is C11H21N3O3. The summed E-state index contributed by atoms with van der Waals surface area (Å²) in [6.45, 7) is 5.38. The molecule has 0 aromatic heterocycles. The van der Waals surface area contributed by atoms with E-state index in [4.69, 9.17) is 5.11 Å². The number of carbonyl (C=O) groups excluding carboxylic acids is 1. The van der Waals surface area contributed by atoms with E-state index in [2.05, 4.69) is 0 Å². The van der Waals surface area contributed by atoms with Crippen LogP contribution in [0.2, 0.25) is 0 Å². The lowest BCUT2D eigenvalue weighted by Gasteiger charge is -2.26. The highest BCUT2D eigenvalue weighted by Crippen LogP contribution is 2.05. The molecule has 1 aliphatic heterocycles. The number of carboxylic acids is 1. The number of carbonyl (C=O) groups is 2. The first-order chi connectivity index (χ1) is 8.04. The van der Waals surface area contributed by atoms with Gasteiger partial charge in [0.05, 0.1) is 6.54 Å². The van der Waals surface area contributed by atoms with Gasteiger partial charge in [0, 0.05) is 39.8 Å². The molecular weight excluding hydrogens is 222 g/mol. The zero-order valence-electron chi connectivity index (χ0n) is 10.6. The lowest BCUT2D eigenvalue weighted by Crippen LogP contribution is -2.43. The number of urea groups is 1. The molecule has 1 aliphatic rings. The molecule has 17 heavy (non-hydrogen) atoms. The molecule has 0 aliphatic carbocycles. The van der Waals surface area contributed by atoms with Gasteiger partial charge >= 0.3 is 12.0 Å². The molecule has 0 bridgehead atoms. The Morgan fingerprint density at radius 2 is 1.94 bits per heavy atom. The van der Waals surface area contributed by atoms with Crippen LogP contribution < -0.4 is 0 Å². The van der Waals surface area contributed by atoms with E-state index in [1.54, 1.807) is 16.8 Å². The number of amides is 2. The summed E-state index contributed by atoms with van der Waals surface area (Å²) in [6.07, 6.45) is 0.830. The zero-order chi connectivity index (χ0) is 12.8. The minimum absolute atomic E-state index is 0.0321. The third kappa shape index (κ3) is 4.22. The maximum absolute atomic E-state index is 11.9. The summed E-state index contributed by atoms with van der Waals surface area (Å²) < 4.78 is 0. The molecule has 1 saturated heterocycles. The lowest BCUT2D eigenvalue weighted by atomic mass is 10.4. The summed E-state index contributed by atoms with van der Waals surface area (Å²) in [5.41, 5.74) is 0. The predicted molar refractivity (Wildman–Crippen MR) is 64.0 cm³/mol. The van der Waals surface area contributed by atoms with Crippen molar-refractivity contribution >= 4 is 12.0 Å². The van der Waals surface area contributed by atoms with Gasteiger partial charge in [0.2, 0.25) is 0 Å². The summed E-state index contributed by atoms with van der Waals surface area (Å²) in [6, 6.07) is 0.0321. The molecule has 0 atom stereocenters. The number of hydrogen-bond donors (Lipinski definition) is 1. The van der Waals surface area contributed by atoms with Gasteiger partial charge in [0.15, 0.2) is 0 Å². The molecule has 1 rings (SSSR count). The average molecular weight is 243 g/mol. The Kier molecular flexibility index (Phi) is 5.21. The van der Waals surface area contributed by atoms with Crippen LogP contribution in [0.5, 0.6) is 0 Å². The largest absolute Gasteiger partial charge is 0.480 e. The molecule has 0 saturated carbocycles. The SMILES string of the molecule is CCN(C)C(=O)N1CCCN(CC(=O)O)CC1. The minimum Gasteiger partial charge on any atom is -0.480 e. The molecule has 0 aromatic rings. The predicted octanol–water partition coefficient (Wildman–Crippen LogP) is 0.150. The highest BCUT2D eigenvalue weighted by Gasteiger charge is 2.21. The zero-order valence-corrected chi connectivity index (χ0v) is 10.6. The standard InChI is InChI=1S/C11H21N3O3/c1-3-12(2)11(17)14-6-4-5-13(7-8-14)9-10(15)16/h3-9H2,1-2H3,(H,15,16). The molecule has 0 spiro atoms. The van der Waals surface area contributed by atoms with Crippen molar-refractivity contribution in [2.45, 2.75) is 13.3 Å². The van der Waals surface area contributed by atoms with Gasteiger partial charge in [-0.25, -0.2) is 4.79 Å². The summed E-state index contributed by atoms with van der Waals surface area (Å²) in [5.74, 6) is -0.810. The molecule has 0 radical (unpaired) electrons. The van der Waals surface area contributed by atoms with Crippen LogP contribution in [0, 0.1) is 0 Å². The second-order valence-corrected chi connectivity index (χ2v) is 4.31. The van der Waals surface area contributed by atoms with Crippen LogP contribution >= 0.6 is 0 Å². The van der Waals surface area contributed by atoms with Gasteiger partial charge in [0.1, 0.15) is 0 Å². The lowest BCUT2D eigenvalue weighted by molar-refractivity contribution is -0.138. The fraction of sp³-hybridized carbons (Fsp3) is 0.818. The van der Waals surface area contributed by atoms with Crippen molar-refractivity contribution < 1.29 is 14.7 Å². The highest BCUT2D eigenvalue weighted by molar-refractivity contribution is 5.74. The Balaban J connectivity index is 2.47. The Hall–Kier alpha value is -1.30. The van der Waals surface area contributed by atoms with Crippen LogP contribution in [-0.2, 0) is 4.79 Å². The molecule has 1 heterocycles. The smallest absolute Gasteiger partial charge is 0.319 e. The minimum atomic E-state index is -0.810. The van der Waals surface area contributed by atoms with Crippen molar-refractivity contribution in [3.63, 3.8) is 0 Å². The monoisotopic (exact) mass is 243 g/mol. The second-order valence-electron chi connectivity index (χ2n) is 4.31. The van der Waals surface area contributed by atoms with Crippen LogP contribution in [0.4, 0.5) is 4.79 Å². The summed E-state index contributed by atoms with van der Waals surface area (Å²) in [4.78, 5) is 27.9. The molecule has 1 fully saturated rings. The van der Waals surface area contributed by atoms with Gasteiger partial charge in [-0.05, 0) is 13.3 Å². The number of rotatable bonds is 3. The fourth-order valence-corrected chi connectivity index (χ4v) is 1.89. The van der Waals surface area contributed by atoms with Crippen molar-refractivity contribution in [3.05, 3.63) is 0 Å². The molecule has 6 nitrogen and oxygen atoms in total. The quantitative estimate of drug-likeness (QED) is 0.766. The Labute approximate surface area is 102 Å². The fourth-order valence-electron chi connectivity index (χ4n) is 1.89. The number of aliphatic carboxylic acids is 1. The first kappa shape index (κ1) is 13.8. The van der Waals surface area contributed by atoms with E-state index in [0.717, 1.165) is 13.0 Å². The number of carboxylic acid groups (broad SMARTS) is 1. The molecule has 1 N–H and O–H groups in total. The van der Waals surface area contributed by atoms with Gasteiger partial charge in [-0.2, -0.15) is 0 Å². The summed E-state index contributed by atoms with van der Waals surface area (Å²) in [7, 11) is 1.78. The normalized spacial score (nSPS) is 17.6. The first-order valence-corrected chi connectivity index (χ1v) is 5.98. The van der Waals surface area contributed by atoms with Crippen molar-refractivity contribution in [2.24, 2.45) is 0 Å². The summed E-state index contributed by atoms with van der Waals surface area (Å²) >= 11 is 0. The van der Waals surface area contributed by atoms with E-state index >= 15 is 0 Å². The van der Waals surface area contributed by atoms with E-state index < -0.39 is 5.97 Å². The van der Waals surface area contributed by atoms with E-state index in [-0.39, 0.29) is 12.6 Å². The van der Waals surface area contributed by atoms with E-state index in [1.807, 2.05) is 11.8 Å². The van der Waals surface area contributed by atoms with Gasteiger partial charge in [-0.15, -0.1) is 0 Å². The van der Waals surface area contributed by atoms with Crippen LogP contribution in [0.1, 0.15) is 13.3 Å². The highest BCUT2D eigenvalue weighted by atomic mass is 16.4. The molecule has 0 unspecified atom stereocenters. The molecule has 98 valence electrons. The van der Waals surface area contributed by atoms with E-state index in [0.29, 0.717) is 26.2 Å². The third-order valence-corrected chi connectivity index (χ3v) is 3.02. The Bertz CT molecular complexity index is 283. The maximum atomic E-state index is 11.9. The maximum Gasteiger partial charge on any atom is 0.319 e. The van der Waals surface area contributed by atoms with Gasteiger partial charge in [0.25, 0.3) is 0 Å². The average Bonchev–Trinajstić information content (AvgIpc) is 2.52. The van der Waals surface area contributed by atoms with Crippen LogP contribution in [0.15, 0.2) is 0 Å². The van der Waals surface area contributed by atoms with E-state index in [1.165, 1.54) is 0 Å². The van der Waals surface area contributed by atoms with Gasteiger partial charge in [-0.3, -0.25) is 9.69 Å². The van der Waals surface area contributed by atoms with Crippen LogP contribution in [0.25, 0.3) is 0 Å². The molecule has 6 heteroatoms. The van der Waals surface area contributed by atoms with Gasteiger partial charge in [-0.1, -0.05) is 0 Å². The first-order valence-electron chi connectivity index (χ1n) is 5.98. The summed E-state index contributed by atoms with van der Waals surface area (Å²) in [5, 5.41) is 8.73. The Morgan fingerprint density at radius 3 is 2.53 bits per heavy atom. The van der Waals surface area contributed by atoms with Crippen molar-refractivity contribution in [3.8, 4) is 0 Å². The number of hydrogen-bond acceptors (Lipinski definition) is 3. The van der Waals surface area contributed by atoms with Crippen molar-refractivity contribution in [2.75, 3.05) is 46.3 Å². The molecule has 0 aromatic carbocycles. The van der Waals surface area contributed by atoms with Crippen molar-refractivity contribution in [1.29, 1.82) is 0 Å². The Morgan fingerprint density at radius 1 is 1.24 bits per heavy atom. The topological polar surface area (TPSA) is 64.1 Å². The van der Waals surface area contributed by atoms with Gasteiger partial charge < -0.3 is 14.9 Å². The third-order valence-electron chi connectivity index (χ3n) is 3.02. The second kappa shape index (κ2) is 6.44.